The molecule has 1 fully saturated rings. The molecular formula is C20H25ClN2O2. The average Bonchev–Trinajstić information content (AvgIpc) is 3.11. The predicted octanol–water partition coefficient (Wildman–Crippen LogP) is 4.00. The Morgan fingerprint density at radius 3 is 2.48 bits per heavy atom. The van der Waals surface area contributed by atoms with Crippen molar-refractivity contribution in [2.45, 2.75) is 25.9 Å². The monoisotopic (exact) mass is 360 g/mol. The highest BCUT2D eigenvalue weighted by molar-refractivity contribution is 5.93. The minimum atomic E-state index is 0. The van der Waals surface area contributed by atoms with E-state index < -0.39 is 0 Å². The molecule has 2 aromatic rings. The fourth-order valence-corrected chi connectivity index (χ4v) is 3.27. The molecule has 0 radical (unpaired) electrons. The Morgan fingerprint density at radius 2 is 1.80 bits per heavy atom. The van der Waals surface area contributed by atoms with Gasteiger partial charge in [0.1, 0.15) is 12.4 Å². The van der Waals surface area contributed by atoms with Gasteiger partial charge in [0.15, 0.2) is 0 Å². The van der Waals surface area contributed by atoms with Crippen molar-refractivity contribution in [3.05, 3.63) is 60.2 Å². The van der Waals surface area contributed by atoms with Crippen LogP contribution in [0.1, 0.15) is 24.8 Å². The molecule has 0 saturated heterocycles. The molecule has 2 aromatic carbocycles. The Morgan fingerprint density at radius 1 is 1.08 bits per heavy atom. The van der Waals surface area contributed by atoms with E-state index in [1.165, 1.54) is 0 Å². The van der Waals surface area contributed by atoms with Crippen LogP contribution < -0.4 is 15.8 Å². The van der Waals surface area contributed by atoms with Crippen LogP contribution in [0.3, 0.4) is 0 Å². The Labute approximate surface area is 155 Å². The molecule has 0 heterocycles. The van der Waals surface area contributed by atoms with Gasteiger partial charge in [-0.05, 0) is 55.1 Å². The molecule has 1 aliphatic rings. The van der Waals surface area contributed by atoms with Gasteiger partial charge in [-0.25, -0.2) is 0 Å². The number of ether oxygens (including phenoxy) is 1. The van der Waals surface area contributed by atoms with E-state index in [0.717, 1.165) is 36.3 Å². The number of halogens is 1. The lowest BCUT2D eigenvalue weighted by Crippen LogP contribution is -2.29. The average molecular weight is 361 g/mol. The summed E-state index contributed by atoms with van der Waals surface area (Å²) in [6.07, 6.45) is 3.08. The van der Waals surface area contributed by atoms with E-state index in [2.05, 4.69) is 5.32 Å². The second kappa shape index (κ2) is 9.44. The van der Waals surface area contributed by atoms with Crippen LogP contribution in [0.15, 0.2) is 54.6 Å². The van der Waals surface area contributed by atoms with Gasteiger partial charge in [-0.15, -0.1) is 12.4 Å². The van der Waals surface area contributed by atoms with Crippen LogP contribution in [0.5, 0.6) is 5.75 Å². The van der Waals surface area contributed by atoms with Gasteiger partial charge < -0.3 is 15.8 Å². The molecule has 3 rings (SSSR count). The summed E-state index contributed by atoms with van der Waals surface area (Å²) in [5, 5.41) is 3.00. The van der Waals surface area contributed by atoms with Gasteiger partial charge in [0, 0.05) is 11.6 Å². The van der Waals surface area contributed by atoms with Crippen molar-refractivity contribution < 1.29 is 9.53 Å². The summed E-state index contributed by atoms with van der Waals surface area (Å²) in [6.45, 7) is 1.12. The Balaban J connectivity index is 0.00000225. The van der Waals surface area contributed by atoms with Gasteiger partial charge in [0.05, 0.1) is 0 Å². The molecular weight excluding hydrogens is 336 g/mol. The number of amides is 1. The number of hydrogen-bond donors (Lipinski definition) is 2. The zero-order valence-electron chi connectivity index (χ0n) is 14.2. The van der Waals surface area contributed by atoms with Gasteiger partial charge in [-0.3, -0.25) is 4.79 Å². The first-order valence-corrected chi connectivity index (χ1v) is 8.54. The molecule has 4 nitrogen and oxygen atoms in total. The van der Waals surface area contributed by atoms with Gasteiger partial charge in [-0.2, -0.15) is 0 Å². The molecule has 25 heavy (non-hydrogen) atoms. The number of nitrogens with two attached hydrogens (primary N) is 1. The number of rotatable bonds is 6. The molecule has 1 aliphatic carbocycles. The van der Waals surface area contributed by atoms with E-state index >= 15 is 0 Å². The summed E-state index contributed by atoms with van der Waals surface area (Å²) in [6, 6.07) is 17.6. The van der Waals surface area contributed by atoms with Gasteiger partial charge in [0.2, 0.25) is 5.91 Å². The smallest absolute Gasteiger partial charge is 0.227 e. The number of anilines is 1. The van der Waals surface area contributed by atoms with Crippen molar-refractivity contribution in [2.75, 3.05) is 11.9 Å². The summed E-state index contributed by atoms with van der Waals surface area (Å²) in [5.41, 5.74) is 7.69. The molecule has 1 amide bonds. The standard InChI is InChI=1S/C20H24N2O2.ClH/c21-13-16-7-4-8-19(16)20(23)22-17-9-11-18(12-10-17)24-14-15-5-2-1-3-6-15;/h1-3,5-6,9-12,16,19H,4,7-8,13-14,21H2,(H,22,23);1H/t16-,19-;/m1./s1. The van der Waals surface area contributed by atoms with Crippen LogP contribution in [0.4, 0.5) is 5.69 Å². The van der Waals surface area contributed by atoms with Crippen LogP contribution in [-0.2, 0) is 11.4 Å². The molecule has 0 unspecified atom stereocenters. The fourth-order valence-electron chi connectivity index (χ4n) is 3.27. The van der Waals surface area contributed by atoms with Crippen LogP contribution in [0.25, 0.3) is 0 Å². The van der Waals surface area contributed by atoms with Gasteiger partial charge in [0.25, 0.3) is 0 Å². The minimum Gasteiger partial charge on any atom is -0.489 e. The molecule has 0 aromatic heterocycles. The van der Waals surface area contributed by atoms with Crippen molar-refractivity contribution in [1.82, 2.24) is 0 Å². The van der Waals surface area contributed by atoms with Crippen LogP contribution in [0.2, 0.25) is 0 Å². The summed E-state index contributed by atoms with van der Waals surface area (Å²) < 4.78 is 5.76. The molecule has 0 bridgehead atoms. The van der Waals surface area contributed by atoms with E-state index in [0.29, 0.717) is 19.1 Å². The zero-order chi connectivity index (χ0) is 16.8. The number of carbonyl (C=O) groups is 1. The first kappa shape index (κ1) is 19.3. The lowest BCUT2D eigenvalue weighted by molar-refractivity contribution is -0.120. The van der Waals surface area contributed by atoms with E-state index in [-0.39, 0.29) is 24.2 Å². The summed E-state index contributed by atoms with van der Waals surface area (Å²) in [7, 11) is 0. The zero-order valence-corrected chi connectivity index (χ0v) is 15.0. The largest absolute Gasteiger partial charge is 0.489 e. The minimum absolute atomic E-state index is 0. The van der Waals surface area contributed by atoms with Gasteiger partial charge in [-0.1, -0.05) is 36.8 Å². The third kappa shape index (κ3) is 5.21. The molecule has 3 N–H and O–H groups in total. The second-order valence-electron chi connectivity index (χ2n) is 6.32. The summed E-state index contributed by atoms with van der Waals surface area (Å²) in [5.74, 6) is 1.24. The highest BCUT2D eigenvalue weighted by Gasteiger charge is 2.31. The van der Waals surface area contributed by atoms with Crippen molar-refractivity contribution in [1.29, 1.82) is 0 Å². The number of nitrogens with one attached hydrogen (secondary N) is 1. The van der Waals surface area contributed by atoms with Crippen LogP contribution in [-0.4, -0.2) is 12.5 Å². The van der Waals surface area contributed by atoms with Crippen molar-refractivity contribution in [2.24, 2.45) is 17.6 Å². The lowest BCUT2D eigenvalue weighted by atomic mass is 9.95. The number of carbonyl (C=O) groups excluding carboxylic acids is 1. The molecule has 2 atom stereocenters. The maximum absolute atomic E-state index is 12.4. The maximum atomic E-state index is 12.4. The molecule has 134 valence electrons. The first-order valence-electron chi connectivity index (χ1n) is 8.54. The van der Waals surface area contributed by atoms with Crippen LogP contribution >= 0.6 is 12.4 Å². The van der Waals surface area contributed by atoms with E-state index in [1.54, 1.807) is 0 Å². The highest BCUT2D eigenvalue weighted by atomic mass is 35.5. The molecule has 0 aliphatic heterocycles. The maximum Gasteiger partial charge on any atom is 0.227 e. The SMILES string of the molecule is Cl.NC[C@H]1CCC[C@H]1C(=O)Nc1ccc(OCc2ccccc2)cc1. The highest BCUT2D eigenvalue weighted by Crippen LogP contribution is 2.32. The first-order chi connectivity index (χ1) is 11.8. The number of benzene rings is 2. The van der Waals surface area contributed by atoms with Crippen molar-refractivity contribution >= 4 is 24.0 Å². The Kier molecular flexibility index (Phi) is 7.29. The number of hydrogen-bond acceptors (Lipinski definition) is 3. The second-order valence-corrected chi connectivity index (χ2v) is 6.32. The Bertz CT molecular complexity index is 661. The molecule has 0 spiro atoms. The lowest BCUT2D eigenvalue weighted by Gasteiger charge is -2.17. The van der Waals surface area contributed by atoms with Crippen molar-refractivity contribution in [3.8, 4) is 5.75 Å². The van der Waals surface area contributed by atoms with E-state index in [9.17, 15) is 4.79 Å². The predicted molar refractivity (Wildman–Crippen MR) is 103 cm³/mol. The summed E-state index contributed by atoms with van der Waals surface area (Å²) >= 11 is 0. The quantitative estimate of drug-likeness (QED) is 0.818. The topological polar surface area (TPSA) is 64.4 Å². The third-order valence-electron chi connectivity index (χ3n) is 4.67. The van der Waals surface area contributed by atoms with Crippen molar-refractivity contribution in [3.63, 3.8) is 0 Å². The summed E-state index contributed by atoms with van der Waals surface area (Å²) in [4.78, 5) is 12.4. The normalized spacial score (nSPS) is 19.1. The molecule has 1 saturated carbocycles. The Hall–Kier alpha value is -2.04. The third-order valence-corrected chi connectivity index (χ3v) is 4.67. The molecule has 5 heteroatoms. The van der Waals surface area contributed by atoms with E-state index in [4.69, 9.17) is 10.5 Å². The van der Waals surface area contributed by atoms with Gasteiger partial charge >= 0.3 is 0 Å². The fraction of sp³-hybridized carbons (Fsp3) is 0.350. The van der Waals surface area contributed by atoms with Crippen LogP contribution in [0, 0.1) is 11.8 Å². The van der Waals surface area contributed by atoms with E-state index in [1.807, 2.05) is 54.6 Å².